The molecule has 3 aromatic rings. The number of hydrogen-bond acceptors (Lipinski definition) is 6. The van der Waals surface area contributed by atoms with Gasteiger partial charge in [-0.3, -0.25) is 9.59 Å². The maximum Gasteiger partial charge on any atom is 0.272 e. The molecule has 1 N–H and O–H groups in total. The van der Waals surface area contributed by atoms with Crippen LogP contribution in [0.25, 0.3) is 5.69 Å². The number of amides is 2. The number of imidazole rings is 1. The summed E-state index contributed by atoms with van der Waals surface area (Å²) in [6, 6.07) is 4.98. The summed E-state index contributed by atoms with van der Waals surface area (Å²) in [6.07, 6.45) is 6.50. The van der Waals surface area contributed by atoms with Crippen molar-refractivity contribution in [1.29, 1.82) is 0 Å². The highest BCUT2D eigenvalue weighted by molar-refractivity contribution is 6.35. The average Bonchev–Trinajstić information content (AvgIpc) is 3.54. The molecule has 1 atom stereocenters. The summed E-state index contributed by atoms with van der Waals surface area (Å²) in [4.78, 5) is 32.3. The van der Waals surface area contributed by atoms with Crippen molar-refractivity contribution < 1.29 is 19.1 Å². The Hall–Kier alpha value is -3.21. The molecule has 0 bridgehead atoms. The number of aromatic nitrogens is 4. The summed E-state index contributed by atoms with van der Waals surface area (Å²) in [7, 11) is 0. The molecule has 2 amide bonds. The van der Waals surface area contributed by atoms with Crippen molar-refractivity contribution in [3.8, 4) is 5.69 Å². The van der Waals surface area contributed by atoms with E-state index in [1.54, 1.807) is 34.2 Å². The lowest BCUT2D eigenvalue weighted by Crippen LogP contribution is -2.40. The van der Waals surface area contributed by atoms with Crippen LogP contribution in [0.4, 0.5) is 0 Å². The third-order valence-corrected chi connectivity index (χ3v) is 7.46. The minimum absolute atomic E-state index is 0.129. The van der Waals surface area contributed by atoms with Crippen LogP contribution in [0.2, 0.25) is 5.02 Å². The zero-order valence-electron chi connectivity index (χ0n) is 19.8. The van der Waals surface area contributed by atoms with Crippen molar-refractivity contribution in [1.82, 2.24) is 29.5 Å². The highest BCUT2D eigenvalue weighted by atomic mass is 35.5. The highest BCUT2D eigenvalue weighted by Gasteiger charge is 2.30. The molecular weight excluding hydrogens is 484 g/mol. The first-order chi connectivity index (χ1) is 17.6. The lowest BCUT2D eigenvalue weighted by atomic mass is 10.0. The molecule has 3 aliphatic heterocycles. The van der Waals surface area contributed by atoms with E-state index in [-0.39, 0.29) is 17.9 Å². The second-order valence-corrected chi connectivity index (χ2v) is 9.61. The normalized spacial score (nSPS) is 19.5. The SMILES string of the molecule is O=C(N[C@@H]1COCc2c1cnn2-c1cccc(C(=O)N2CCOCC2)c1Cl)c1ncn2c1CCCC2. The first kappa shape index (κ1) is 23.2. The van der Waals surface area contributed by atoms with Crippen molar-refractivity contribution in [2.45, 2.75) is 38.5 Å². The molecule has 0 saturated carbocycles. The van der Waals surface area contributed by atoms with Gasteiger partial charge in [-0.2, -0.15) is 5.10 Å². The zero-order valence-corrected chi connectivity index (χ0v) is 20.5. The zero-order chi connectivity index (χ0) is 24.6. The molecule has 1 aromatic carbocycles. The number of hydrogen-bond donors (Lipinski definition) is 1. The number of halogens is 1. The van der Waals surface area contributed by atoms with Gasteiger partial charge in [-0.1, -0.05) is 17.7 Å². The number of carbonyl (C=O) groups excluding carboxylic acids is 2. The fourth-order valence-electron chi connectivity index (χ4n) is 5.15. The van der Waals surface area contributed by atoms with E-state index < -0.39 is 0 Å². The number of morpholine rings is 1. The molecule has 11 heteroatoms. The number of fused-ring (bicyclic) bond motifs is 2. The smallest absolute Gasteiger partial charge is 0.272 e. The van der Waals surface area contributed by atoms with E-state index >= 15 is 0 Å². The monoisotopic (exact) mass is 510 g/mol. The van der Waals surface area contributed by atoms with E-state index in [2.05, 4.69) is 20.0 Å². The molecule has 6 rings (SSSR count). The fraction of sp³-hybridized carbons (Fsp3) is 0.440. The third kappa shape index (κ3) is 4.08. The fourth-order valence-corrected chi connectivity index (χ4v) is 5.44. The number of benzene rings is 1. The molecule has 10 nitrogen and oxygen atoms in total. The Morgan fingerprint density at radius 3 is 2.81 bits per heavy atom. The van der Waals surface area contributed by atoms with Crippen LogP contribution in [0.3, 0.4) is 0 Å². The van der Waals surface area contributed by atoms with E-state index in [9.17, 15) is 9.59 Å². The standard InChI is InChI=1S/C25H27ClN6O4/c26-22-16(25(34)30-8-10-35-11-9-30)4-3-6-19(22)32-21-14-36-13-18(17(21)12-28-32)29-24(33)23-20-5-1-2-7-31(20)15-27-23/h3-4,6,12,15,18H,1-2,5,7-11,13-14H2,(H,29,33)/t18-/m1/s1. The van der Waals surface area contributed by atoms with Crippen LogP contribution in [0, 0.1) is 0 Å². The van der Waals surface area contributed by atoms with Crippen molar-refractivity contribution >= 4 is 23.4 Å². The summed E-state index contributed by atoms with van der Waals surface area (Å²) in [5, 5.41) is 7.98. The number of aryl methyl sites for hydroxylation is 1. The van der Waals surface area contributed by atoms with Gasteiger partial charge in [0, 0.05) is 25.2 Å². The summed E-state index contributed by atoms with van der Waals surface area (Å²) >= 11 is 6.75. The molecule has 188 valence electrons. The average molecular weight is 511 g/mol. The van der Waals surface area contributed by atoms with Gasteiger partial charge >= 0.3 is 0 Å². The topological polar surface area (TPSA) is 104 Å². The first-order valence-electron chi connectivity index (χ1n) is 12.3. The number of carbonyl (C=O) groups is 2. The maximum atomic E-state index is 13.1. The molecule has 0 radical (unpaired) electrons. The molecule has 2 aromatic heterocycles. The van der Waals surface area contributed by atoms with Crippen LogP contribution in [0.5, 0.6) is 0 Å². The second kappa shape index (κ2) is 9.68. The van der Waals surface area contributed by atoms with Crippen LogP contribution in [0.1, 0.15) is 56.7 Å². The van der Waals surface area contributed by atoms with E-state index in [4.69, 9.17) is 21.1 Å². The summed E-state index contributed by atoms with van der Waals surface area (Å²) < 4.78 is 15.0. The summed E-state index contributed by atoms with van der Waals surface area (Å²) in [5.74, 6) is -0.341. The number of nitrogens with one attached hydrogen (secondary N) is 1. The van der Waals surface area contributed by atoms with Crippen molar-refractivity contribution in [2.24, 2.45) is 0 Å². The Morgan fingerprint density at radius 1 is 1.08 bits per heavy atom. The number of rotatable bonds is 4. The summed E-state index contributed by atoms with van der Waals surface area (Å²) in [5.41, 5.74) is 4.13. The highest BCUT2D eigenvalue weighted by Crippen LogP contribution is 2.32. The Bertz CT molecular complexity index is 1310. The largest absolute Gasteiger partial charge is 0.378 e. The third-order valence-electron chi connectivity index (χ3n) is 7.06. The van der Waals surface area contributed by atoms with Gasteiger partial charge in [-0.25, -0.2) is 9.67 Å². The van der Waals surface area contributed by atoms with E-state index in [1.165, 1.54) is 0 Å². The van der Waals surface area contributed by atoms with E-state index in [0.717, 1.165) is 42.8 Å². The van der Waals surface area contributed by atoms with Gasteiger partial charge in [0.1, 0.15) is 5.69 Å². The van der Waals surface area contributed by atoms with Crippen molar-refractivity contribution in [2.75, 3.05) is 32.9 Å². The van der Waals surface area contributed by atoms with Crippen molar-refractivity contribution in [3.05, 3.63) is 64.0 Å². The van der Waals surface area contributed by atoms with Gasteiger partial charge < -0.3 is 24.3 Å². The van der Waals surface area contributed by atoms with Gasteiger partial charge in [0.05, 0.1) is 72.7 Å². The van der Waals surface area contributed by atoms with Gasteiger partial charge in [0.2, 0.25) is 0 Å². The van der Waals surface area contributed by atoms with Crippen LogP contribution in [0.15, 0.2) is 30.7 Å². The minimum Gasteiger partial charge on any atom is -0.378 e. The predicted octanol–water partition coefficient (Wildman–Crippen LogP) is 2.53. The van der Waals surface area contributed by atoms with Gasteiger partial charge in [0.15, 0.2) is 0 Å². The van der Waals surface area contributed by atoms with E-state index in [1.807, 2.05) is 6.07 Å². The molecule has 0 spiro atoms. The second-order valence-electron chi connectivity index (χ2n) is 9.23. The maximum absolute atomic E-state index is 13.1. The van der Waals surface area contributed by atoms with Gasteiger partial charge in [-0.15, -0.1) is 0 Å². The quantitative estimate of drug-likeness (QED) is 0.578. The van der Waals surface area contributed by atoms with Crippen LogP contribution < -0.4 is 5.32 Å². The number of nitrogens with zero attached hydrogens (tertiary/aromatic N) is 5. The first-order valence-corrected chi connectivity index (χ1v) is 12.6. The molecule has 1 fully saturated rings. The van der Waals surface area contributed by atoms with E-state index in [0.29, 0.717) is 61.5 Å². The Balaban J connectivity index is 1.26. The van der Waals surface area contributed by atoms with Crippen LogP contribution in [-0.2, 0) is 29.0 Å². The molecule has 0 aliphatic carbocycles. The molecule has 0 unspecified atom stereocenters. The van der Waals surface area contributed by atoms with Crippen LogP contribution >= 0.6 is 11.6 Å². The van der Waals surface area contributed by atoms with Gasteiger partial charge in [-0.05, 0) is 31.4 Å². The van der Waals surface area contributed by atoms with Crippen LogP contribution in [-0.4, -0.2) is 69.0 Å². The molecule has 1 saturated heterocycles. The lowest BCUT2D eigenvalue weighted by molar-refractivity contribution is 0.0303. The molecular formula is C25H27ClN6O4. The summed E-state index contributed by atoms with van der Waals surface area (Å²) in [6.45, 7) is 3.65. The predicted molar refractivity (Wildman–Crippen MR) is 130 cm³/mol. The Kier molecular flexibility index (Phi) is 6.24. The molecule has 3 aliphatic rings. The molecule has 5 heterocycles. The Labute approximate surface area is 213 Å². The lowest BCUT2D eigenvalue weighted by Gasteiger charge is -2.27. The van der Waals surface area contributed by atoms with Gasteiger partial charge in [0.25, 0.3) is 11.8 Å². The Morgan fingerprint density at radius 2 is 1.94 bits per heavy atom. The minimum atomic E-state index is -0.368. The van der Waals surface area contributed by atoms with Crippen molar-refractivity contribution in [3.63, 3.8) is 0 Å². The molecule has 36 heavy (non-hydrogen) atoms. The number of ether oxygens (including phenoxy) is 2.